The highest BCUT2D eigenvalue weighted by Gasteiger charge is 2.27. The predicted octanol–water partition coefficient (Wildman–Crippen LogP) is -14.1. The quantitative estimate of drug-likeness (QED) is 0.120. The molecule has 46 radical (unpaired) electrons. The lowest BCUT2D eigenvalue weighted by molar-refractivity contribution is 1.11. The van der Waals surface area contributed by atoms with Gasteiger partial charge < -0.3 is 0 Å². The normalized spacial score (nSPS) is 11.6. The molecule has 0 saturated heterocycles. The Morgan fingerprint density at radius 3 is 0.882 bits per heavy atom. The van der Waals surface area contributed by atoms with Crippen molar-refractivity contribution < 1.29 is 0 Å². The number of aromatic nitrogens is 2. The molecule has 1 aromatic heterocycles. The second-order valence-corrected chi connectivity index (χ2v) is 18.5. The average Bonchev–Trinajstić information content (AvgIpc) is 3.80. The molecule has 1 heterocycles. The Bertz CT molecular complexity index is 4010. The first-order chi connectivity index (χ1) is 35.8. The average molecular weight is 900 g/mol. The Morgan fingerprint density at radius 1 is 0.250 bits per heavy atom. The van der Waals surface area contributed by atoms with Gasteiger partial charge in [0.25, 0.3) is 0 Å². The number of fused-ring (bicyclic) bond motifs is 3. The summed E-state index contributed by atoms with van der Waals surface area (Å²) in [6, 6.07) is 19.8. The summed E-state index contributed by atoms with van der Waals surface area (Å²) < 4.78 is 1.85. The molecule has 0 aliphatic carbocycles. The fraction of sp³-hybridized carbons (Fsp3) is 0. The maximum atomic E-state index is 7.18. The lowest BCUT2D eigenvalue weighted by Gasteiger charge is -2.29. The van der Waals surface area contributed by atoms with Crippen molar-refractivity contribution in [2.75, 3.05) is 0 Å². The number of nitrogens with zero attached hydrogens (tertiary/aromatic N) is 2. The topological polar surface area (TPSA) is 17.8 Å². The van der Waals surface area contributed by atoms with E-state index >= 15 is 0 Å². The number of para-hydroxylation sites is 2. The molecule has 0 atom stereocenters. The van der Waals surface area contributed by atoms with Crippen molar-refractivity contribution in [3.63, 3.8) is 0 Å². The van der Waals surface area contributed by atoms with E-state index in [1.165, 1.54) is 0 Å². The minimum absolute atomic E-state index is 0.0101. The molecule has 0 N–H and O–H groups in total. The molecular formula is C51H11B23N2. The maximum Gasteiger partial charge on any atom is 0.144 e. The van der Waals surface area contributed by atoms with Crippen LogP contribution >= 0.6 is 0 Å². The van der Waals surface area contributed by atoms with Crippen LogP contribution in [-0.4, -0.2) is 190 Å². The van der Waals surface area contributed by atoms with Gasteiger partial charge in [-0.25, -0.2) is 4.98 Å². The van der Waals surface area contributed by atoms with Gasteiger partial charge in [0.1, 0.15) is 186 Å². The van der Waals surface area contributed by atoms with Crippen LogP contribution < -0.4 is 126 Å². The van der Waals surface area contributed by atoms with Crippen LogP contribution in [0.5, 0.6) is 0 Å². The van der Waals surface area contributed by atoms with E-state index in [-0.39, 0.29) is 169 Å². The molecule has 0 amide bonds. The fourth-order valence-electron chi connectivity index (χ4n) is 10.2. The van der Waals surface area contributed by atoms with Crippen molar-refractivity contribution in [3.8, 4) is 61.6 Å². The van der Waals surface area contributed by atoms with Crippen LogP contribution in [-0.2, 0) is 0 Å². The Hall–Kier alpha value is -5.54. The third-order valence-corrected chi connectivity index (χ3v) is 14.4. The van der Waals surface area contributed by atoms with E-state index in [9.17, 15) is 0 Å². The first-order valence-corrected chi connectivity index (χ1v) is 22.9. The van der Waals surface area contributed by atoms with Crippen molar-refractivity contribution in [2.24, 2.45) is 0 Å². The van der Waals surface area contributed by atoms with Crippen LogP contribution in [0.1, 0.15) is 0 Å². The number of hydrogen-bond donors (Lipinski definition) is 0. The van der Waals surface area contributed by atoms with Crippen molar-refractivity contribution in [1.29, 1.82) is 0 Å². The summed E-state index contributed by atoms with van der Waals surface area (Å²) >= 11 is 0. The highest BCUT2D eigenvalue weighted by molar-refractivity contribution is 6.74. The molecule has 0 bridgehead atoms. The van der Waals surface area contributed by atoms with Gasteiger partial charge in [0.05, 0.1) is 11.0 Å². The molecule has 0 unspecified atom stereocenters. The minimum Gasteiger partial charge on any atom is -0.292 e. The molecule has 0 saturated carbocycles. The zero-order valence-electron chi connectivity index (χ0n) is 40.5. The Balaban J connectivity index is 1.36. The Kier molecular flexibility index (Phi) is 13.8. The first kappa shape index (κ1) is 53.8. The van der Waals surface area contributed by atoms with Crippen LogP contribution in [0.2, 0.25) is 0 Å². The van der Waals surface area contributed by atoms with E-state index in [1.54, 1.807) is 18.2 Å². The van der Waals surface area contributed by atoms with Gasteiger partial charge in [-0.1, -0.05) is 78.9 Å². The molecule has 25 heteroatoms. The van der Waals surface area contributed by atoms with Gasteiger partial charge in [-0.05, 0) is 109 Å². The fourth-order valence-corrected chi connectivity index (χ4v) is 10.2. The van der Waals surface area contributed by atoms with Crippen molar-refractivity contribution in [1.82, 2.24) is 9.55 Å². The minimum atomic E-state index is -0.0552. The molecule has 76 heavy (non-hydrogen) atoms. The number of benzene rings is 9. The lowest BCUT2D eigenvalue weighted by atomic mass is 9.58. The summed E-state index contributed by atoms with van der Waals surface area (Å²) in [6.07, 6.45) is 0. The highest BCUT2D eigenvalue weighted by Crippen LogP contribution is 2.43. The zero-order chi connectivity index (χ0) is 55.2. The third kappa shape index (κ3) is 7.83. The van der Waals surface area contributed by atoms with E-state index < -0.39 is 0 Å². The van der Waals surface area contributed by atoms with Crippen LogP contribution in [0, 0.1) is 0 Å². The monoisotopic (exact) mass is 904 g/mol. The van der Waals surface area contributed by atoms with E-state index in [1.807, 2.05) is 53.1 Å². The van der Waals surface area contributed by atoms with E-state index in [0.717, 1.165) is 0 Å². The summed E-state index contributed by atoms with van der Waals surface area (Å²) in [7, 11) is 153. The molecule has 0 spiro atoms. The Labute approximate surface area is 473 Å². The van der Waals surface area contributed by atoms with Crippen LogP contribution in [0.3, 0.4) is 0 Å². The molecule has 294 valence electrons. The number of imidazole rings is 1. The predicted molar refractivity (Wildman–Crippen MR) is 347 cm³/mol. The second kappa shape index (κ2) is 19.4. The van der Waals surface area contributed by atoms with Gasteiger partial charge in [-0.15, -0.1) is 71.0 Å². The third-order valence-electron chi connectivity index (χ3n) is 14.4. The molecule has 0 aliphatic heterocycles. The van der Waals surface area contributed by atoms with E-state index in [0.29, 0.717) is 50.4 Å². The van der Waals surface area contributed by atoms with Crippen LogP contribution in [0.4, 0.5) is 0 Å². The molecule has 0 aliphatic rings. The Morgan fingerprint density at radius 2 is 0.526 bits per heavy atom. The van der Waals surface area contributed by atoms with Crippen molar-refractivity contribution in [2.45, 2.75) is 0 Å². The van der Waals surface area contributed by atoms with Gasteiger partial charge in [0.2, 0.25) is 0 Å². The van der Waals surface area contributed by atoms with Crippen LogP contribution in [0.25, 0.3) is 94.2 Å². The summed E-state index contributed by atoms with van der Waals surface area (Å²) in [5.74, 6) is 0.324. The molecule has 9 aromatic carbocycles. The largest absolute Gasteiger partial charge is 0.292 e. The summed E-state index contributed by atoms with van der Waals surface area (Å²) in [6.45, 7) is 0. The second-order valence-electron chi connectivity index (χ2n) is 18.5. The molecule has 10 rings (SSSR count). The summed E-state index contributed by atoms with van der Waals surface area (Å²) in [5.41, 5.74) is 4.52. The van der Waals surface area contributed by atoms with Crippen molar-refractivity contribution >= 4 is 339 Å². The maximum absolute atomic E-state index is 7.18. The number of hydrogen-bond acceptors (Lipinski definition) is 1. The lowest BCUT2D eigenvalue weighted by Crippen LogP contribution is -2.55. The van der Waals surface area contributed by atoms with E-state index in [4.69, 9.17) is 185 Å². The summed E-state index contributed by atoms with van der Waals surface area (Å²) in [4.78, 5) is 4.94. The molecular weight excluding hydrogens is 889 g/mol. The molecule has 2 nitrogen and oxygen atoms in total. The number of rotatable bonds is 6. The van der Waals surface area contributed by atoms with Gasteiger partial charge in [-0.2, -0.15) is 0 Å². The van der Waals surface area contributed by atoms with Gasteiger partial charge in [-0.3, -0.25) is 4.57 Å². The summed E-state index contributed by atoms with van der Waals surface area (Å²) in [5, 5.41) is 1.06. The van der Waals surface area contributed by atoms with Crippen LogP contribution in [0.15, 0.2) is 66.7 Å². The SMILES string of the molecule is [B]c1c([B])c([B])c(-c2cc(-c3c([B])c([B])c([B])c([B])c3[B])cc(-c3c4c([B])c([B])c([B])c([B])c4c(-c4ccc(-n5c(-c6c([B])c([B])c([B])c([B])c6[B])nc6ccccc65)cc4)c4c([B])c([B])c([B])c([B])c34)c2)c([B])c1[B]. The first-order valence-electron chi connectivity index (χ1n) is 22.9. The highest BCUT2D eigenvalue weighted by atomic mass is 15.1. The molecule has 0 fully saturated rings. The smallest absolute Gasteiger partial charge is 0.144 e. The standard InChI is InChI=1S/C51H11B23N2/c52-28-21(29(53)39(63)48(72)38(28)62)14-9-13(10-15(11-14)22-30(54)40(64)49(73)41(65)31(22)55)20-25-23(32(56)42(66)44(68)34(25)58)19(24-26(20)35(59)45(69)43(67)33(24)57)12-5-7-16(8-6-12)76-18-4-2-1-3-17(18)75-51(76)27-36(60)46(70)50(74)47(71)37(27)61/h1-11H. The van der Waals surface area contributed by atoms with Gasteiger partial charge in [0, 0.05) is 11.3 Å². The molecule has 10 aromatic rings. The van der Waals surface area contributed by atoms with E-state index in [2.05, 4.69) is 0 Å². The van der Waals surface area contributed by atoms with Gasteiger partial charge >= 0.3 is 0 Å². The zero-order valence-corrected chi connectivity index (χ0v) is 40.5. The van der Waals surface area contributed by atoms with Crippen molar-refractivity contribution in [3.05, 3.63) is 66.7 Å². The van der Waals surface area contributed by atoms with Gasteiger partial charge in [0.15, 0.2) is 0 Å².